The van der Waals surface area contributed by atoms with Crippen LogP contribution < -0.4 is 10.6 Å². The van der Waals surface area contributed by atoms with Crippen molar-refractivity contribution in [3.8, 4) is 0 Å². The van der Waals surface area contributed by atoms with Gasteiger partial charge >= 0.3 is 12.0 Å². The average Bonchev–Trinajstić information content (AvgIpc) is 2.27. The highest BCUT2D eigenvalue weighted by molar-refractivity contribution is 5.74. The Labute approximate surface area is 107 Å². The van der Waals surface area contributed by atoms with Crippen LogP contribution in [0.4, 0.5) is 4.79 Å². The van der Waals surface area contributed by atoms with Gasteiger partial charge in [0.25, 0.3) is 0 Å². The van der Waals surface area contributed by atoms with Crippen molar-refractivity contribution in [1.82, 2.24) is 10.6 Å². The van der Waals surface area contributed by atoms with Crippen LogP contribution >= 0.6 is 0 Å². The molecule has 7 heteroatoms. The van der Waals surface area contributed by atoms with Gasteiger partial charge in [-0.3, -0.25) is 0 Å². The van der Waals surface area contributed by atoms with Gasteiger partial charge in [-0.15, -0.1) is 0 Å². The second-order valence-corrected chi connectivity index (χ2v) is 4.35. The third-order valence-electron chi connectivity index (χ3n) is 2.46. The number of rotatable bonds is 8. The Hall–Kier alpha value is -1.34. The van der Waals surface area contributed by atoms with E-state index in [0.717, 1.165) is 0 Å². The number of carbonyl (C=O) groups excluding carboxylic acids is 1. The predicted octanol–water partition coefficient (Wildman–Crippen LogP) is -0.208. The number of aliphatic carboxylic acids is 1. The first-order chi connectivity index (χ1) is 8.38. The molecule has 0 saturated heterocycles. The molecule has 2 unspecified atom stereocenters. The summed E-state index contributed by atoms with van der Waals surface area (Å²) in [6.07, 6.45) is -1.48. The second-order valence-electron chi connectivity index (χ2n) is 4.35. The lowest BCUT2D eigenvalue weighted by atomic mass is 10.1. The molecule has 0 spiro atoms. The Morgan fingerprint density at radius 3 is 2.39 bits per heavy atom. The normalized spacial score (nSPS) is 14.1. The van der Waals surface area contributed by atoms with E-state index in [0.29, 0.717) is 6.61 Å². The molecule has 0 aliphatic carbocycles. The molecule has 0 aromatic carbocycles. The Bertz CT molecular complexity index is 270. The summed E-state index contributed by atoms with van der Waals surface area (Å²) in [5, 5.41) is 22.6. The standard InChI is InChI=1S/C11H22N2O5/c1-7(2)8(6-18-3)13-11(17)12-5-4-9(14)10(15)16/h7-9,14H,4-6H2,1-3H3,(H,15,16)(H2,12,13,17). The molecule has 4 N–H and O–H groups in total. The number of aliphatic hydroxyl groups excluding tert-OH is 1. The van der Waals surface area contributed by atoms with Gasteiger partial charge in [0.1, 0.15) is 0 Å². The van der Waals surface area contributed by atoms with Gasteiger partial charge in [-0.25, -0.2) is 9.59 Å². The number of carbonyl (C=O) groups is 2. The number of aliphatic hydroxyl groups is 1. The lowest BCUT2D eigenvalue weighted by Crippen LogP contribution is -2.47. The Morgan fingerprint density at radius 2 is 1.94 bits per heavy atom. The SMILES string of the molecule is COCC(NC(=O)NCCC(O)C(=O)O)C(C)C. The number of hydrogen-bond donors (Lipinski definition) is 4. The van der Waals surface area contributed by atoms with Gasteiger partial charge in [-0.1, -0.05) is 13.8 Å². The summed E-state index contributed by atoms with van der Waals surface area (Å²) >= 11 is 0. The number of amides is 2. The van der Waals surface area contributed by atoms with E-state index in [1.807, 2.05) is 13.8 Å². The summed E-state index contributed by atoms with van der Waals surface area (Å²) in [7, 11) is 1.55. The summed E-state index contributed by atoms with van der Waals surface area (Å²) in [5.74, 6) is -1.07. The van der Waals surface area contributed by atoms with E-state index in [9.17, 15) is 9.59 Å². The highest BCUT2D eigenvalue weighted by Gasteiger charge is 2.16. The molecule has 0 radical (unpaired) electrons. The van der Waals surface area contributed by atoms with Crippen molar-refractivity contribution in [1.29, 1.82) is 0 Å². The van der Waals surface area contributed by atoms with Gasteiger partial charge < -0.3 is 25.6 Å². The van der Waals surface area contributed by atoms with E-state index in [1.165, 1.54) is 0 Å². The van der Waals surface area contributed by atoms with Crippen molar-refractivity contribution < 1.29 is 24.5 Å². The van der Waals surface area contributed by atoms with Crippen LogP contribution in [-0.2, 0) is 9.53 Å². The van der Waals surface area contributed by atoms with Crippen molar-refractivity contribution in [2.24, 2.45) is 5.92 Å². The molecule has 0 heterocycles. The lowest BCUT2D eigenvalue weighted by molar-refractivity contribution is -0.146. The van der Waals surface area contributed by atoms with Gasteiger partial charge in [0, 0.05) is 20.1 Å². The zero-order chi connectivity index (χ0) is 14.1. The van der Waals surface area contributed by atoms with Gasteiger partial charge in [0.15, 0.2) is 6.10 Å². The topological polar surface area (TPSA) is 108 Å². The van der Waals surface area contributed by atoms with Crippen molar-refractivity contribution >= 4 is 12.0 Å². The molecule has 0 aliphatic rings. The van der Waals surface area contributed by atoms with E-state index < -0.39 is 18.1 Å². The molecule has 2 amide bonds. The molecule has 0 aromatic rings. The number of nitrogens with one attached hydrogen (secondary N) is 2. The fraction of sp³-hybridized carbons (Fsp3) is 0.818. The first kappa shape index (κ1) is 16.7. The summed E-state index contributed by atoms with van der Waals surface area (Å²) in [6.45, 7) is 4.41. The molecule has 0 bridgehead atoms. The van der Waals surface area contributed by atoms with Gasteiger partial charge in [-0.05, 0) is 5.92 Å². The maximum Gasteiger partial charge on any atom is 0.332 e. The molecule has 7 nitrogen and oxygen atoms in total. The van der Waals surface area contributed by atoms with Crippen LogP contribution in [0.5, 0.6) is 0 Å². The molecule has 0 aromatic heterocycles. The molecule has 0 aliphatic heterocycles. The fourth-order valence-electron chi connectivity index (χ4n) is 1.25. The van der Waals surface area contributed by atoms with Crippen LogP contribution in [0.2, 0.25) is 0 Å². The smallest absolute Gasteiger partial charge is 0.332 e. The molecular weight excluding hydrogens is 240 g/mol. The summed E-state index contributed by atoms with van der Waals surface area (Å²) in [5.41, 5.74) is 0. The molecule has 2 atom stereocenters. The van der Waals surface area contributed by atoms with Crippen LogP contribution in [0.3, 0.4) is 0 Å². The molecule has 0 saturated carbocycles. The van der Waals surface area contributed by atoms with E-state index in [-0.39, 0.29) is 24.9 Å². The van der Waals surface area contributed by atoms with E-state index >= 15 is 0 Å². The van der Waals surface area contributed by atoms with Crippen molar-refractivity contribution in [2.45, 2.75) is 32.4 Å². The zero-order valence-corrected chi connectivity index (χ0v) is 11.0. The number of carboxylic acid groups (broad SMARTS) is 1. The summed E-state index contributed by atoms with van der Waals surface area (Å²) < 4.78 is 4.98. The Balaban J connectivity index is 3.91. The largest absolute Gasteiger partial charge is 0.479 e. The lowest BCUT2D eigenvalue weighted by Gasteiger charge is -2.21. The number of urea groups is 1. The quantitative estimate of drug-likeness (QED) is 0.484. The fourth-order valence-corrected chi connectivity index (χ4v) is 1.25. The van der Waals surface area contributed by atoms with Crippen LogP contribution in [0.1, 0.15) is 20.3 Å². The number of carboxylic acids is 1. The van der Waals surface area contributed by atoms with E-state index in [4.69, 9.17) is 14.9 Å². The summed E-state index contributed by atoms with van der Waals surface area (Å²) in [4.78, 5) is 21.8. The van der Waals surface area contributed by atoms with Crippen LogP contribution in [-0.4, -0.2) is 54.6 Å². The molecule has 0 fully saturated rings. The molecule has 106 valence electrons. The molecule has 0 rings (SSSR count). The zero-order valence-electron chi connectivity index (χ0n) is 11.0. The monoisotopic (exact) mass is 262 g/mol. The highest BCUT2D eigenvalue weighted by atomic mass is 16.5. The number of ether oxygens (including phenoxy) is 1. The predicted molar refractivity (Wildman–Crippen MR) is 65.3 cm³/mol. The number of methoxy groups -OCH3 is 1. The third kappa shape index (κ3) is 7.08. The van der Waals surface area contributed by atoms with E-state index in [1.54, 1.807) is 7.11 Å². The Kier molecular flexibility index (Phi) is 8.06. The molecular formula is C11H22N2O5. The van der Waals surface area contributed by atoms with Crippen molar-refractivity contribution in [3.05, 3.63) is 0 Å². The Morgan fingerprint density at radius 1 is 1.33 bits per heavy atom. The second kappa shape index (κ2) is 8.71. The highest BCUT2D eigenvalue weighted by Crippen LogP contribution is 2.01. The summed E-state index contributed by atoms with van der Waals surface area (Å²) in [6, 6.07) is -0.511. The minimum Gasteiger partial charge on any atom is -0.479 e. The first-order valence-electron chi connectivity index (χ1n) is 5.82. The number of hydrogen-bond acceptors (Lipinski definition) is 4. The van der Waals surface area contributed by atoms with Crippen molar-refractivity contribution in [3.63, 3.8) is 0 Å². The average molecular weight is 262 g/mol. The third-order valence-corrected chi connectivity index (χ3v) is 2.46. The van der Waals surface area contributed by atoms with Crippen LogP contribution in [0.15, 0.2) is 0 Å². The minimum atomic E-state index is -1.45. The van der Waals surface area contributed by atoms with Gasteiger partial charge in [0.05, 0.1) is 12.6 Å². The van der Waals surface area contributed by atoms with Crippen LogP contribution in [0, 0.1) is 5.92 Å². The van der Waals surface area contributed by atoms with Crippen LogP contribution in [0.25, 0.3) is 0 Å². The molecule has 18 heavy (non-hydrogen) atoms. The van der Waals surface area contributed by atoms with Crippen molar-refractivity contribution in [2.75, 3.05) is 20.3 Å². The first-order valence-corrected chi connectivity index (χ1v) is 5.82. The maximum absolute atomic E-state index is 11.5. The van der Waals surface area contributed by atoms with E-state index in [2.05, 4.69) is 10.6 Å². The van der Waals surface area contributed by atoms with Gasteiger partial charge in [0.2, 0.25) is 0 Å². The maximum atomic E-state index is 11.5. The minimum absolute atomic E-state index is 0.0284. The van der Waals surface area contributed by atoms with Gasteiger partial charge in [-0.2, -0.15) is 0 Å².